The minimum atomic E-state index is -0.987. The highest BCUT2D eigenvalue weighted by Gasteiger charge is 2.23. The Bertz CT molecular complexity index is 714. The summed E-state index contributed by atoms with van der Waals surface area (Å²) in [6.07, 6.45) is 0. The number of halogens is 2. The maximum absolute atomic E-state index is 13.2. The first-order chi connectivity index (χ1) is 9.81. The molecule has 0 saturated carbocycles. The van der Waals surface area contributed by atoms with Crippen molar-refractivity contribution >= 4 is 34.4 Å². The summed E-state index contributed by atoms with van der Waals surface area (Å²) in [5, 5.41) is 9.41. The first-order valence-electron chi connectivity index (χ1n) is 6.26. The van der Waals surface area contributed by atoms with E-state index in [0.29, 0.717) is 10.9 Å². The van der Waals surface area contributed by atoms with E-state index in [1.54, 1.807) is 0 Å². The fourth-order valence-corrected chi connectivity index (χ4v) is 2.33. The molecular weight excluding hydrogens is 299 g/mol. The minimum Gasteiger partial charge on any atom is -0.481 e. The fourth-order valence-electron chi connectivity index (χ4n) is 2.04. The van der Waals surface area contributed by atoms with Gasteiger partial charge in [0, 0.05) is 24.5 Å². The average Bonchev–Trinajstić information content (AvgIpc) is 2.75. The Balaban J connectivity index is 2.31. The van der Waals surface area contributed by atoms with Crippen LogP contribution in [0.5, 0.6) is 0 Å². The number of aliphatic carboxylic acids is 1. The van der Waals surface area contributed by atoms with Crippen LogP contribution in [-0.4, -0.2) is 40.5 Å². The molecule has 112 valence electrons. The van der Waals surface area contributed by atoms with E-state index in [2.05, 4.69) is 4.98 Å². The molecule has 21 heavy (non-hydrogen) atoms. The van der Waals surface area contributed by atoms with Gasteiger partial charge < -0.3 is 15.0 Å². The Hall–Kier alpha value is -2.08. The van der Waals surface area contributed by atoms with Crippen LogP contribution in [0.25, 0.3) is 10.9 Å². The van der Waals surface area contributed by atoms with Crippen molar-refractivity contribution in [1.82, 2.24) is 9.88 Å². The van der Waals surface area contributed by atoms with Gasteiger partial charge in [-0.25, -0.2) is 4.39 Å². The predicted molar refractivity (Wildman–Crippen MR) is 77.0 cm³/mol. The second-order valence-electron chi connectivity index (χ2n) is 4.93. The number of carbonyl (C=O) groups is 2. The molecule has 0 saturated heterocycles. The maximum Gasteiger partial charge on any atom is 0.308 e. The summed E-state index contributed by atoms with van der Waals surface area (Å²) in [5.74, 6) is -2.57. The van der Waals surface area contributed by atoms with Crippen LogP contribution in [0, 0.1) is 11.7 Å². The summed E-state index contributed by atoms with van der Waals surface area (Å²) in [5.41, 5.74) is 0.668. The number of fused-ring (bicyclic) bond motifs is 1. The van der Waals surface area contributed by atoms with Crippen LogP contribution >= 0.6 is 11.6 Å². The van der Waals surface area contributed by atoms with E-state index in [0.717, 1.165) is 0 Å². The Morgan fingerprint density at radius 2 is 2.14 bits per heavy atom. The largest absolute Gasteiger partial charge is 0.481 e. The molecule has 1 aromatic heterocycles. The molecule has 2 N–H and O–H groups in total. The second kappa shape index (κ2) is 5.73. The molecule has 1 heterocycles. The number of carbonyl (C=O) groups excluding carboxylic acids is 1. The molecule has 0 radical (unpaired) electrons. The van der Waals surface area contributed by atoms with Crippen LogP contribution in [0.15, 0.2) is 18.2 Å². The molecule has 1 unspecified atom stereocenters. The number of nitrogens with one attached hydrogen (secondary N) is 1. The molecule has 0 spiro atoms. The lowest BCUT2D eigenvalue weighted by molar-refractivity contribution is -0.141. The predicted octanol–water partition coefficient (Wildman–Crippen LogP) is 2.75. The highest BCUT2D eigenvalue weighted by molar-refractivity contribution is 6.38. The Labute approximate surface area is 125 Å². The number of carboxylic acid groups (broad SMARTS) is 1. The van der Waals surface area contributed by atoms with E-state index in [1.807, 2.05) is 0 Å². The normalized spacial score (nSPS) is 12.4. The smallest absolute Gasteiger partial charge is 0.308 e. The van der Waals surface area contributed by atoms with Crippen molar-refractivity contribution in [3.8, 4) is 0 Å². The Kier molecular flexibility index (Phi) is 4.18. The van der Waals surface area contributed by atoms with Gasteiger partial charge in [0.1, 0.15) is 11.5 Å². The summed E-state index contributed by atoms with van der Waals surface area (Å²) >= 11 is 6.11. The first kappa shape index (κ1) is 15.3. The summed E-state index contributed by atoms with van der Waals surface area (Å²) in [6, 6.07) is 4.00. The van der Waals surface area contributed by atoms with Crippen LogP contribution < -0.4 is 0 Å². The van der Waals surface area contributed by atoms with Gasteiger partial charge in [-0.1, -0.05) is 18.5 Å². The number of H-pyrrole nitrogens is 1. The Morgan fingerprint density at radius 3 is 2.76 bits per heavy atom. The van der Waals surface area contributed by atoms with E-state index in [1.165, 1.54) is 37.1 Å². The third-order valence-corrected chi connectivity index (χ3v) is 3.62. The highest BCUT2D eigenvalue weighted by atomic mass is 35.5. The van der Waals surface area contributed by atoms with Crippen molar-refractivity contribution in [2.75, 3.05) is 13.6 Å². The lowest BCUT2D eigenvalue weighted by Crippen LogP contribution is -2.34. The number of hydrogen-bond donors (Lipinski definition) is 2. The number of amides is 1. The van der Waals surface area contributed by atoms with Gasteiger partial charge in [-0.05, 0) is 18.2 Å². The maximum atomic E-state index is 13.2. The average molecular weight is 313 g/mol. The summed E-state index contributed by atoms with van der Waals surface area (Å²) in [7, 11) is 1.49. The standard InChI is InChI=1S/C14H14ClFN2O3/c1-7(14(20)21)6-18(2)13(19)12-11(15)9-5-8(16)3-4-10(9)17-12/h3-5,7,17H,6H2,1-2H3,(H,20,21). The van der Waals surface area contributed by atoms with Crippen molar-refractivity contribution in [2.45, 2.75) is 6.92 Å². The van der Waals surface area contributed by atoms with Gasteiger partial charge in [0.05, 0.1) is 10.9 Å². The van der Waals surface area contributed by atoms with Crippen LogP contribution in [0.3, 0.4) is 0 Å². The number of nitrogens with zero attached hydrogens (tertiary/aromatic N) is 1. The van der Waals surface area contributed by atoms with Gasteiger partial charge in [0.25, 0.3) is 5.91 Å². The zero-order chi connectivity index (χ0) is 15.7. The van der Waals surface area contributed by atoms with Crippen molar-refractivity contribution in [2.24, 2.45) is 5.92 Å². The first-order valence-corrected chi connectivity index (χ1v) is 6.64. The highest BCUT2D eigenvalue weighted by Crippen LogP contribution is 2.28. The zero-order valence-electron chi connectivity index (χ0n) is 11.5. The van der Waals surface area contributed by atoms with E-state index in [9.17, 15) is 14.0 Å². The van der Waals surface area contributed by atoms with Crippen LogP contribution in [0.1, 0.15) is 17.4 Å². The molecule has 2 rings (SSSR count). The molecule has 0 aliphatic carbocycles. The number of carboxylic acids is 1. The molecule has 0 aliphatic heterocycles. The molecule has 7 heteroatoms. The number of benzene rings is 1. The third-order valence-electron chi connectivity index (χ3n) is 3.23. The second-order valence-corrected chi connectivity index (χ2v) is 5.31. The van der Waals surface area contributed by atoms with E-state index in [-0.39, 0.29) is 17.3 Å². The molecular formula is C14H14ClFN2O3. The molecule has 0 aliphatic rings. The quantitative estimate of drug-likeness (QED) is 0.911. The van der Waals surface area contributed by atoms with E-state index >= 15 is 0 Å². The monoisotopic (exact) mass is 312 g/mol. The van der Waals surface area contributed by atoms with E-state index < -0.39 is 23.6 Å². The molecule has 1 aromatic carbocycles. The molecule has 1 amide bonds. The third kappa shape index (κ3) is 3.00. The van der Waals surface area contributed by atoms with Crippen LogP contribution in [0.4, 0.5) is 4.39 Å². The number of hydrogen-bond acceptors (Lipinski definition) is 2. The van der Waals surface area contributed by atoms with Gasteiger partial charge in [-0.3, -0.25) is 9.59 Å². The number of aromatic nitrogens is 1. The molecule has 1 atom stereocenters. The lowest BCUT2D eigenvalue weighted by Gasteiger charge is -2.18. The van der Waals surface area contributed by atoms with Crippen LogP contribution in [0.2, 0.25) is 5.02 Å². The van der Waals surface area contributed by atoms with Crippen molar-refractivity contribution < 1.29 is 19.1 Å². The van der Waals surface area contributed by atoms with E-state index in [4.69, 9.17) is 16.7 Å². The fraction of sp³-hybridized carbons (Fsp3) is 0.286. The zero-order valence-corrected chi connectivity index (χ0v) is 12.2. The van der Waals surface area contributed by atoms with Gasteiger partial charge in [0.2, 0.25) is 0 Å². The summed E-state index contributed by atoms with van der Waals surface area (Å²) in [6.45, 7) is 1.56. The molecule has 0 bridgehead atoms. The van der Waals surface area contributed by atoms with Crippen molar-refractivity contribution in [1.29, 1.82) is 0 Å². The lowest BCUT2D eigenvalue weighted by atomic mass is 10.1. The van der Waals surface area contributed by atoms with Crippen LogP contribution in [-0.2, 0) is 4.79 Å². The minimum absolute atomic E-state index is 0.0498. The van der Waals surface area contributed by atoms with Crippen molar-refractivity contribution in [3.63, 3.8) is 0 Å². The van der Waals surface area contributed by atoms with Gasteiger partial charge in [-0.15, -0.1) is 0 Å². The Morgan fingerprint density at radius 1 is 1.48 bits per heavy atom. The van der Waals surface area contributed by atoms with Gasteiger partial charge in [0.15, 0.2) is 0 Å². The summed E-state index contributed by atoms with van der Waals surface area (Å²) in [4.78, 5) is 27.2. The van der Waals surface area contributed by atoms with Gasteiger partial charge >= 0.3 is 5.97 Å². The topological polar surface area (TPSA) is 73.4 Å². The van der Waals surface area contributed by atoms with Crippen molar-refractivity contribution in [3.05, 3.63) is 34.7 Å². The molecule has 0 fully saturated rings. The molecule has 5 nitrogen and oxygen atoms in total. The number of aromatic amines is 1. The molecule has 2 aromatic rings. The van der Waals surface area contributed by atoms with Gasteiger partial charge in [-0.2, -0.15) is 0 Å². The summed E-state index contributed by atoms with van der Waals surface area (Å²) < 4.78 is 13.2. The SMILES string of the molecule is CC(CN(C)C(=O)c1[nH]c2ccc(F)cc2c1Cl)C(=O)O. The number of rotatable bonds is 4.